The van der Waals surface area contributed by atoms with Crippen LogP contribution in [0.3, 0.4) is 0 Å². The second-order valence-corrected chi connectivity index (χ2v) is 5.76. The second kappa shape index (κ2) is 7.55. The molecule has 0 aliphatic carbocycles. The third kappa shape index (κ3) is 4.43. The molecule has 1 N–H and O–H groups in total. The van der Waals surface area contributed by atoms with E-state index in [0.29, 0.717) is 6.04 Å². The summed E-state index contributed by atoms with van der Waals surface area (Å²) in [5, 5.41) is 3.54. The van der Waals surface area contributed by atoms with Gasteiger partial charge in [0.15, 0.2) is 0 Å². The van der Waals surface area contributed by atoms with Crippen LogP contribution in [0.25, 0.3) is 0 Å². The van der Waals surface area contributed by atoms with Gasteiger partial charge in [0.25, 0.3) is 0 Å². The van der Waals surface area contributed by atoms with Gasteiger partial charge in [-0.2, -0.15) is 0 Å². The highest BCUT2D eigenvalue weighted by molar-refractivity contribution is 9.10. The molecule has 0 spiro atoms. The summed E-state index contributed by atoms with van der Waals surface area (Å²) in [5.41, 5.74) is 2.32. The summed E-state index contributed by atoms with van der Waals surface area (Å²) in [6.07, 6.45) is 1.87. The number of halogens is 2. The largest absolute Gasteiger partial charge is 0.310 e. The summed E-state index contributed by atoms with van der Waals surface area (Å²) in [5.74, 6) is -0.164. The molecule has 0 aliphatic rings. The summed E-state index contributed by atoms with van der Waals surface area (Å²) in [4.78, 5) is 0. The zero-order valence-electron chi connectivity index (χ0n) is 11.6. The zero-order valence-corrected chi connectivity index (χ0v) is 13.2. The van der Waals surface area contributed by atoms with Crippen molar-refractivity contribution < 1.29 is 4.39 Å². The molecule has 106 valence electrons. The van der Waals surface area contributed by atoms with Gasteiger partial charge in [-0.3, -0.25) is 0 Å². The van der Waals surface area contributed by atoms with E-state index in [4.69, 9.17) is 0 Å². The SMILES string of the molecule is CCC(NCCc1cccc(F)c1)c1ccc(Br)cc1. The lowest BCUT2D eigenvalue weighted by molar-refractivity contribution is 0.522. The summed E-state index contributed by atoms with van der Waals surface area (Å²) in [6.45, 7) is 3.01. The maximum Gasteiger partial charge on any atom is 0.123 e. The lowest BCUT2D eigenvalue weighted by Crippen LogP contribution is -2.23. The summed E-state index contributed by atoms with van der Waals surface area (Å²) >= 11 is 3.45. The lowest BCUT2D eigenvalue weighted by Gasteiger charge is -2.17. The molecule has 2 aromatic carbocycles. The van der Waals surface area contributed by atoms with Crippen LogP contribution in [0, 0.1) is 5.82 Å². The highest BCUT2D eigenvalue weighted by Crippen LogP contribution is 2.19. The molecule has 1 nitrogen and oxygen atoms in total. The van der Waals surface area contributed by atoms with Crippen LogP contribution in [0.2, 0.25) is 0 Å². The van der Waals surface area contributed by atoms with Crippen LogP contribution >= 0.6 is 15.9 Å². The van der Waals surface area contributed by atoms with Crippen molar-refractivity contribution in [3.63, 3.8) is 0 Å². The first-order valence-electron chi connectivity index (χ1n) is 6.92. The van der Waals surface area contributed by atoms with Gasteiger partial charge in [0, 0.05) is 10.5 Å². The maximum atomic E-state index is 13.1. The van der Waals surface area contributed by atoms with E-state index in [0.717, 1.165) is 29.4 Å². The zero-order chi connectivity index (χ0) is 14.4. The van der Waals surface area contributed by atoms with Crippen molar-refractivity contribution in [2.75, 3.05) is 6.54 Å². The van der Waals surface area contributed by atoms with Gasteiger partial charge in [0.2, 0.25) is 0 Å². The molecule has 0 aromatic heterocycles. The smallest absolute Gasteiger partial charge is 0.123 e. The van der Waals surface area contributed by atoms with Crippen molar-refractivity contribution in [3.05, 3.63) is 69.9 Å². The normalized spacial score (nSPS) is 12.3. The monoisotopic (exact) mass is 335 g/mol. The predicted molar refractivity (Wildman–Crippen MR) is 85.3 cm³/mol. The van der Waals surface area contributed by atoms with E-state index >= 15 is 0 Å². The fourth-order valence-electron chi connectivity index (χ4n) is 2.28. The number of rotatable bonds is 6. The highest BCUT2D eigenvalue weighted by Gasteiger charge is 2.08. The van der Waals surface area contributed by atoms with Gasteiger partial charge in [0.05, 0.1) is 0 Å². The van der Waals surface area contributed by atoms with Crippen LogP contribution in [-0.4, -0.2) is 6.54 Å². The van der Waals surface area contributed by atoms with Crippen molar-refractivity contribution >= 4 is 15.9 Å². The van der Waals surface area contributed by atoms with Crippen molar-refractivity contribution in [3.8, 4) is 0 Å². The van der Waals surface area contributed by atoms with Gasteiger partial charge in [-0.15, -0.1) is 0 Å². The molecule has 0 saturated carbocycles. The second-order valence-electron chi connectivity index (χ2n) is 4.85. The van der Waals surface area contributed by atoms with Crippen LogP contribution in [0.1, 0.15) is 30.5 Å². The fraction of sp³-hybridized carbons (Fsp3) is 0.294. The maximum absolute atomic E-state index is 13.1. The van der Waals surface area contributed by atoms with Gasteiger partial charge in [-0.1, -0.05) is 47.1 Å². The Balaban J connectivity index is 1.89. The van der Waals surface area contributed by atoms with E-state index in [9.17, 15) is 4.39 Å². The average Bonchev–Trinajstić information content (AvgIpc) is 2.45. The minimum atomic E-state index is -0.164. The Bertz CT molecular complexity index is 539. The van der Waals surface area contributed by atoms with Crippen molar-refractivity contribution in [1.29, 1.82) is 0 Å². The van der Waals surface area contributed by atoms with Gasteiger partial charge in [-0.25, -0.2) is 4.39 Å². The van der Waals surface area contributed by atoms with Crippen LogP contribution in [0.5, 0.6) is 0 Å². The third-order valence-electron chi connectivity index (χ3n) is 3.37. The predicted octanol–water partition coefficient (Wildman–Crippen LogP) is 4.87. The van der Waals surface area contributed by atoms with Crippen LogP contribution in [-0.2, 0) is 6.42 Å². The Morgan fingerprint density at radius 3 is 2.55 bits per heavy atom. The molecule has 1 unspecified atom stereocenters. The van der Waals surface area contributed by atoms with Gasteiger partial charge in [0.1, 0.15) is 5.82 Å². The van der Waals surface area contributed by atoms with E-state index in [1.54, 1.807) is 12.1 Å². The highest BCUT2D eigenvalue weighted by atomic mass is 79.9. The third-order valence-corrected chi connectivity index (χ3v) is 3.90. The quantitative estimate of drug-likeness (QED) is 0.793. The first-order valence-corrected chi connectivity index (χ1v) is 7.71. The van der Waals surface area contributed by atoms with Crippen molar-refractivity contribution in [2.24, 2.45) is 0 Å². The Morgan fingerprint density at radius 2 is 1.90 bits per heavy atom. The van der Waals surface area contributed by atoms with Crippen LogP contribution < -0.4 is 5.32 Å². The molecule has 0 aliphatic heterocycles. The minimum absolute atomic E-state index is 0.164. The molecule has 0 saturated heterocycles. The van der Waals surface area contributed by atoms with Gasteiger partial charge >= 0.3 is 0 Å². The Kier molecular flexibility index (Phi) is 5.74. The van der Waals surface area contributed by atoms with Crippen LogP contribution in [0.15, 0.2) is 53.0 Å². The average molecular weight is 336 g/mol. The van der Waals surface area contributed by atoms with Crippen molar-refractivity contribution in [1.82, 2.24) is 5.32 Å². The number of hydrogen-bond acceptors (Lipinski definition) is 1. The van der Waals surface area contributed by atoms with E-state index in [-0.39, 0.29) is 5.82 Å². The van der Waals surface area contributed by atoms with E-state index < -0.39 is 0 Å². The molecule has 0 amide bonds. The Labute approximate surface area is 128 Å². The van der Waals surface area contributed by atoms with Gasteiger partial charge < -0.3 is 5.32 Å². The van der Waals surface area contributed by atoms with E-state index in [2.05, 4.69) is 52.4 Å². The molecule has 0 bridgehead atoms. The number of hydrogen-bond donors (Lipinski definition) is 1. The van der Waals surface area contributed by atoms with Gasteiger partial charge in [-0.05, 0) is 54.8 Å². The summed E-state index contributed by atoms with van der Waals surface area (Å²) in [7, 11) is 0. The molecular weight excluding hydrogens is 317 g/mol. The fourth-order valence-corrected chi connectivity index (χ4v) is 2.54. The first-order chi connectivity index (χ1) is 9.69. The van der Waals surface area contributed by atoms with E-state index in [1.807, 2.05) is 6.07 Å². The Hall–Kier alpha value is -1.19. The number of nitrogens with one attached hydrogen (secondary N) is 1. The molecule has 1 atom stereocenters. The number of benzene rings is 2. The molecule has 0 radical (unpaired) electrons. The molecule has 3 heteroatoms. The van der Waals surface area contributed by atoms with Crippen molar-refractivity contribution in [2.45, 2.75) is 25.8 Å². The van der Waals surface area contributed by atoms with E-state index in [1.165, 1.54) is 11.6 Å². The Morgan fingerprint density at radius 1 is 1.15 bits per heavy atom. The summed E-state index contributed by atoms with van der Waals surface area (Å²) in [6, 6.07) is 15.5. The summed E-state index contributed by atoms with van der Waals surface area (Å²) < 4.78 is 14.2. The standard InChI is InChI=1S/C17H19BrFN/c1-2-17(14-6-8-15(18)9-7-14)20-11-10-13-4-3-5-16(19)12-13/h3-9,12,17,20H,2,10-11H2,1H3. The molecular formula is C17H19BrFN. The van der Waals surface area contributed by atoms with Crippen LogP contribution in [0.4, 0.5) is 4.39 Å². The first kappa shape index (κ1) is 15.2. The molecule has 0 heterocycles. The topological polar surface area (TPSA) is 12.0 Å². The lowest BCUT2D eigenvalue weighted by atomic mass is 10.0. The molecule has 0 fully saturated rings. The molecule has 20 heavy (non-hydrogen) atoms. The molecule has 2 aromatic rings. The minimum Gasteiger partial charge on any atom is -0.310 e. The molecule has 2 rings (SSSR count).